The summed E-state index contributed by atoms with van der Waals surface area (Å²) in [7, 11) is 0. The molecule has 1 fully saturated rings. The van der Waals surface area contributed by atoms with Gasteiger partial charge >= 0.3 is 0 Å². The van der Waals surface area contributed by atoms with E-state index in [9.17, 15) is 4.79 Å². The van der Waals surface area contributed by atoms with Crippen molar-refractivity contribution in [1.82, 2.24) is 4.90 Å². The Labute approximate surface area is 125 Å². The summed E-state index contributed by atoms with van der Waals surface area (Å²) in [4.78, 5) is 14.4. The molecule has 3 nitrogen and oxygen atoms in total. The van der Waals surface area contributed by atoms with Gasteiger partial charge < -0.3 is 10.6 Å². The lowest BCUT2D eigenvalue weighted by Gasteiger charge is -2.35. The van der Waals surface area contributed by atoms with Crippen molar-refractivity contribution >= 4 is 17.7 Å². The fraction of sp³-hybridized carbons (Fsp3) is 0.562. The van der Waals surface area contributed by atoms with Gasteiger partial charge in [-0.05, 0) is 17.9 Å². The van der Waals surface area contributed by atoms with Crippen molar-refractivity contribution in [3.63, 3.8) is 0 Å². The third kappa shape index (κ3) is 4.00. The quantitative estimate of drug-likeness (QED) is 0.925. The van der Waals surface area contributed by atoms with E-state index in [2.05, 4.69) is 13.8 Å². The van der Waals surface area contributed by atoms with Gasteiger partial charge in [0.05, 0.1) is 6.04 Å². The molecule has 1 aliphatic rings. The second-order valence-corrected chi connectivity index (χ2v) is 7.08. The number of amides is 1. The molecule has 2 N–H and O–H groups in total. The first kappa shape index (κ1) is 15.4. The molecule has 110 valence electrons. The van der Waals surface area contributed by atoms with E-state index in [0.717, 1.165) is 24.4 Å². The summed E-state index contributed by atoms with van der Waals surface area (Å²) in [5.74, 6) is 1.72. The van der Waals surface area contributed by atoms with Crippen molar-refractivity contribution in [1.29, 1.82) is 0 Å². The van der Waals surface area contributed by atoms with Crippen LogP contribution in [0.25, 0.3) is 0 Å². The highest BCUT2D eigenvalue weighted by Gasteiger charge is 2.28. The Morgan fingerprint density at radius 1 is 1.40 bits per heavy atom. The zero-order valence-electron chi connectivity index (χ0n) is 12.3. The Balaban J connectivity index is 1.93. The summed E-state index contributed by atoms with van der Waals surface area (Å²) >= 11 is 1.97. The Kier molecular flexibility index (Phi) is 5.49. The monoisotopic (exact) mass is 292 g/mol. The molecule has 20 heavy (non-hydrogen) atoms. The van der Waals surface area contributed by atoms with Crippen molar-refractivity contribution in [2.45, 2.75) is 31.6 Å². The molecule has 2 rings (SSSR count). The first-order chi connectivity index (χ1) is 9.58. The molecule has 0 unspecified atom stereocenters. The van der Waals surface area contributed by atoms with Crippen LogP contribution in [0.4, 0.5) is 0 Å². The fourth-order valence-electron chi connectivity index (χ4n) is 2.47. The maximum absolute atomic E-state index is 12.5. The topological polar surface area (TPSA) is 46.3 Å². The number of nitrogens with two attached hydrogens (primary N) is 1. The number of thioether (sulfide) groups is 1. The molecule has 0 saturated carbocycles. The lowest BCUT2D eigenvalue weighted by molar-refractivity contribution is -0.132. The first-order valence-electron chi connectivity index (χ1n) is 7.28. The van der Waals surface area contributed by atoms with Crippen LogP contribution < -0.4 is 5.73 Å². The molecule has 1 amide bonds. The van der Waals surface area contributed by atoms with Crippen LogP contribution >= 0.6 is 11.8 Å². The number of carbonyl (C=O) groups is 1. The van der Waals surface area contributed by atoms with E-state index in [1.54, 1.807) is 0 Å². The summed E-state index contributed by atoms with van der Waals surface area (Å²) < 4.78 is 0. The van der Waals surface area contributed by atoms with Gasteiger partial charge in [0.2, 0.25) is 5.91 Å². The van der Waals surface area contributed by atoms with Crippen LogP contribution in [0.5, 0.6) is 0 Å². The van der Waals surface area contributed by atoms with Crippen molar-refractivity contribution in [2.24, 2.45) is 11.7 Å². The van der Waals surface area contributed by atoms with Gasteiger partial charge in [-0.2, -0.15) is 11.8 Å². The molecule has 0 aromatic heterocycles. The van der Waals surface area contributed by atoms with E-state index in [1.165, 1.54) is 0 Å². The van der Waals surface area contributed by atoms with Crippen molar-refractivity contribution < 1.29 is 4.79 Å². The van der Waals surface area contributed by atoms with Gasteiger partial charge in [0.1, 0.15) is 0 Å². The maximum Gasteiger partial charge on any atom is 0.239 e. The van der Waals surface area contributed by atoms with E-state index < -0.39 is 6.04 Å². The SMILES string of the molecule is CC(C)[C@@H]1CN(C(=O)[C@H](N)Cc2ccccc2)CCS1. The molecule has 1 heterocycles. The van der Waals surface area contributed by atoms with Crippen LogP contribution in [0.15, 0.2) is 30.3 Å². The van der Waals surface area contributed by atoms with E-state index in [1.807, 2.05) is 47.0 Å². The normalized spacial score (nSPS) is 21.0. The van der Waals surface area contributed by atoms with Gasteiger partial charge in [-0.1, -0.05) is 44.2 Å². The Hall–Kier alpha value is -1.00. The average molecular weight is 292 g/mol. The average Bonchev–Trinajstić information content (AvgIpc) is 2.47. The number of hydrogen-bond donors (Lipinski definition) is 1. The van der Waals surface area contributed by atoms with E-state index in [0.29, 0.717) is 17.6 Å². The predicted octanol–water partition coefficient (Wildman–Crippen LogP) is 2.16. The maximum atomic E-state index is 12.5. The minimum atomic E-state index is -0.423. The van der Waals surface area contributed by atoms with Gasteiger partial charge in [-0.25, -0.2) is 0 Å². The molecule has 1 aliphatic heterocycles. The van der Waals surface area contributed by atoms with Crippen LogP contribution in [0.2, 0.25) is 0 Å². The van der Waals surface area contributed by atoms with Gasteiger partial charge in [-0.3, -0.25) is 4.79 Å². The molecular weight excluding hydrogens is 268 g/mol. The molecule has 1 aromatic rings. The Bertz CT molecular complexity index is 435. The summed E-state index contributed by atoms with van der Waals surface area (Å²) in [6.07, 6.45) is 0.621. The highest BCUT2D eigenvalue weighted by molar-refractivity contribution is 8.00. The zero-order valence-corrected chi connectivity index (χ0v) is 13.1. The number of benzene rings is 1. The molecule has 1 aromatic carbocycles. The molecule has 0 bridgehead atoms. The molecule has 0 aliphatic carbocycles. The van der Waals surface area contributed by atoms with Crippen molar-refractivity contribution in [3.8, 4) is 0 Å². The van der Waals surface area contributed by atoms with Crippen LogP contribution in [0, 0.1) is 5.92 Å². The minimum Gasteiger partial charge on any atom is -0.339 e. The third-order valence-electron chi connectivity index (χ3n) is 3.76. The van der Waals surface area contributed by atoms with Gasteiger partial charge in [0, 0.05) is 24.1 Å². The zero-order chi connectivity index (χ0) is 14.5. The van der Waals surface area contributed by atoms with E-state index >= 15 is 0 Å². The highest BCUT2D eigenvalue weighted by Crippen LogP contribution is 2.25. The summed E-state index contributed by atoms with van der Waals surface area (Å²) in [6.45, 7) is 6.10. The van der Waals surface area contributed by atoms with Gasteiger partial charge in [-0.15, -0.1) is 0 Å². The summed E-state index contributed by atoms with van der Waals surface area (Å²) in [5.41, 5.74) is 7.23. The van der Waals surface area contributed by atoms with Gasteiger partial charge in [0.15, 0.2) is 0 Å². The smallest absolute Gasteiger partial charge is 0.239 e. The second-order valence-electron chi connectivity index (χ2n) is 5.73. The molecule has 2 atom stereocenters. The van der Waals surface area contributed by atoms with Crippen LogP contribution in [0.1, 0.15) is 19.4 Å². The largest absolute Gasteiger partial charge is 0.339 e. The van der Waals surface area contributed by atoms with E-state index in [4.69, 9.17) is 5.73 Å². The molecular formula is C16H24N2OS. The van der Waals surface area contributed by atoms with E-state index in [-0.39, 0.29) is 5.91 Å². The lowest BCUT2D eigenvalue weighted by Crippen LogP contribution is -2.50. The van der Waals surface area contributed by atoms with Crippen molar-refractivity contribution in [3.05, 3.63) is 35.9 Å². The second kappa shape index (κ2) is 7.14. The fourth-order valence-corrected chi connectivity index (χ4v) is 3.77. The number of nitrogens with zero attached hydrogens (tertiary/aromatic N) is 1. The van der Waals surface area contributed by atoms with Crippen LogP contribution in [-0.4, -0.2) is 40.9 Å². The van der Waals surface area contributed by atoms with Crippen molar-refractivity contribution in [2.75, 3.05) is 18.8 Å². The van der Waals surface area contributed by atoms with Crippen LogP contribution in [-0.2, 0) is 11.2 Å². The number of hydrogen-bond acceptors (Lipinski definition) is 3. The highest BCUT2D eigenvalue weighted by atomic mass is 32.2. The standard InChI is InChI=1S/C16H24N2OS/c1-12(2)15-11-18(8-9-20-15)16(19)14(17)10-13-6-4-3-5-7-13/h3-7,12,14-15H,8-11,17H2,1-2H3/t14-,15+/m1/s1. The third-order valence-corrected chi connectivity index (χ3v) is 5.30. The predicted molar refractivity (Wildman–Crippen MR) is 85.8 cm³/mol. The molecule has 4 heteroatoms. The first-order valence-corrected chi connectivity index (χ1v) is 8.32. The summed E-state index contributed by atoms with van der Waals surface area (Å²) in [6, 6.07) is 9.57. The molecule has 0 radical (unpaired) electrons. The minimum absolute atomic E-state index is 0.0970. The van der Waals surface area contributed by atoms with Crippen LogP contribution in [0.3, 0.4) is 0 Å². The summed E-state index contributed by atoms with van der Waals surface area (Å²) in [5, 5.41) is 0.539. The van der Waals surface area contributed by atoms with Gasteiger partial charge in [0.25, 0.3) is 0 Å². The Morgan fingerprint density at radius 2 is 2.10 bits per heavy atom. The number of carbonyl (C=O) groups excluding carboxylic acids is 1. The molecule has 0 spiro atoms. The number of rotatable bonds is 4. The molecule has 1 saturated heterocycles. The Morgan fingerprint density at radius 3 is 2.75 bits per heavy atom. The lowest BCUT2D eigenvalue weighted by atomic mass is 10.0.